The first-order valence-corrected chi connectivity index (χ1v) is 8.22. The van der Waals surface area contributed by atoms with Crippen LogP contribution >= 0.6 is 0 Å². The van der Waals surface area contributed by atoms with E-state index in [1.807, 2.05) is 0 Å². The molecule has 0 saturated carbocycles. The van der Waals surface area contributed by atoms with Gasteiger partial charge in [-0.05, 0) is 19.3 Å². The Kier molecular flexibility index (Phi) is 13.3. The molecule has 126 valence electrons. The molecule has 0 atom stereocenters. The van der Waals surface area contributed by atoms with Crippen LogP contribution in [0.1, 0.15) is 58.3 Å². The fourth-order valence-corrected chi connectivity index (χ4v) is 1.97. The first-order valence-electron chi connectivity index (χ1n) is 8.22. The average molecular weight is 310 g/mol. The van der Waals surface area contributed by atoms with Gasteiger partial charge in [-0.1, -0.05) is 51.2 Å². The van der Waals surface area contributed by atoms with Crippen molar-refractivity contribution in [1.29, 1.82) is 0 Å². The Bertz CT molecular complexity index is 310. The van der Waals surface area contributed by atoms with Crippen LogP contribution in [0.5, 0.6) is 0 Å². The SMILES string of the molecule is C=CCCOC(=O)C(CCCCCCC)C(=O)OCCC=C. The largest absolute Gasteiger partial charge is 0.465 e. The third-order valence-electron chi connectivity index (χ3n) is 3.30. The Hall–Kier alpha value is -1.58. The molecular formula is C18H30O4. The van der Waals surface area contributed by atoms with Gasteiger partial charge in [-0.3, -0.25) is 9.59 Å². The number of esters is 2. The Morgan fingerprint density at radius 1 is 0.909 bits per heavy atom. The highest BCUT2D eigenvalue weighted by molar-refractivity contribution is 5.94. The topological polar surface area (TPSA) is 52.6 Å². The Morgan fingerprint density at radius 2 is 1.41 bits per heavy atom. The van der Waals surface area contributed by atoms with Crippen molar-refractivity contribution < 1.29 is 19.1 Å². The summed E-state index contributed by atoms with van der Waals surface area (Å²) in [6, 6.07) is 0. The van der Waals surface area contributed by atoms with Gasteiger partial charge < -0.3 is 9.47 Å². The molecule has 0 spiro atoms. The Balaban J connectivity index is 4.33. The number of hydrogen-bond acceptors (Lipinski definition) is 4. The van der Waals surface area contributed by atoms with Crippen molar-refractivity contribution in [3.63, 3.8) is 0 Å². The van der Waals surface area contributed by atoms with E-state index in [2.05, 4.69) is 20.1 Å². The zero-order chi connectivity index (χ0) is 16.6. The lowest BCUT2D eigenvalue weighted by Crippen LogP contribution is -2.28. The lowest BCUT2D eigenvalue weighted by Gasteiger charge is -2.15. The molecule has 0 rings (SSSR count). The van der Waals surface area contributed by atoms with Crippen molar-refractivity contribution in [2.24, 2.45) is 5.92 Å². The van der Waals surface area contributed by atoms with Gasteiger partial charge >= 0.3 is 11.9 Å². The summed E-state index contributed by atoms with van der Waals surface area (Å²) in [4.78, 5) is 24.1. The zero-order valence-electron chi connectivity index (χ0n) is 13.9. The van der Waals surface area contributed by atoms with E-state index in [4.69, 9.17) is 9.47 Å². The molecular weight excluding hydrogens is 280 g/mol. The minimum atomic E-state index is -0.809. The minimum absolute atomic E-state index is 0.259. The van der Waals surface area contributed by atoms with Crippen LogP contribution in [0.4, 0.5) is 0 Å². The van der Waals surface area contributed by atoms with Crippen molar-refractivity contribution in [2.75, 3.05) is 13.2 Å². The zero-order valence-corrected chi connectivity index (χ0v) is 13.9. The molecule has 0 amide bonds. The summed E-state index contributed by atoms with van der Waals surface area (Å²) in [5.74, 6) is -1.78. The maximum absolute atomic E-state index is 12.0. The van der Waals surface area contributed by atoms with Crippen LogP contribution in [0.3, 0.4) is 0 Å². The van der Waals surface area contributed by atoms with Crippen molar-refractivity contribution in [3.8, 4) is 0 Å². The van der Waals surface area contributed by atoms with E-state index in [1.165, 1.54) is 6.42 Å². The molecule has 4 heteroatoms. The Labute approximate surface area is 134 Å². The first-order chi connectivity index (χ1) is 10.7. The van der Waals surface area contributed by atoms with Crippen molar-refractivity contribution in [1.82, 2.24) is 0 Å². The second-order valence-electron chi connectivity index (χ2n) is 5.25. The maximum Gasteiger partial charge on any atom is 0.320 e. The standard InChI is InChI=1S/C18H30O4/c1-4-7-10-11-12-13-16(17(19)21-14-8-5-2)18(20)22-15-9-6-3/h5-6,16H,2-4,7-15H2,1H3. The third-order valence-corrected chi connectivity index (χ3v) is 3.30. The molecule has 0 radical (unpaired) electrons. The summed E-state index contributed by atoms with van der Waals surface area (Å²) >= 11 is 0. The quantitative estimate of drug-likeness (QED) is 0.209. The summed E-state index contributed by atoms with van der Waals surface area (Å²) in [5.41, 5.74) is 0. The fraction of sp³-hybridized carbons (Fsp3) is 0.667. The molecule has 0 unspecified atom stereocenters. The summed E-state index contributed by atoms with van der Waals surface area (Å²) in [6.45, 7) is 9.81. The molecule has 0 aliphatic carbocycles. The van der Waals surface area contributed by atoms with Crippen LogP contribution in [-0.2, 0) is 19.1 Å². The average Bonchev–Trinajstić information content (AvgIpc) is 2.51. The second kappa shape index (κ2) is 14.4. The summed E-state index contributed by atoms with van der Waals surface area (Å²) in [6.07, 6.45) is 10.3. The van der Waals surface area contributed by atoms with Gasteiger partial charge in [-0.15, -0.1) is 13.2 Å². The first kappa shape index (κ1) is 20.4. The molecule has 4 nitrogen and oxygen atoms in total. The molecule has 0 aliphatic rings. The van der Waals surface area contributed by atoms with E-state index < -0.39 is 17.9 Å². The van der Waals surface area contributed by atoms with Crippen molar-refractivity contribution >= 4 is 11.9 Å². The smallest absolute Gasteiger partial charge is 0.320 e. The third kappa shape index (κ3) is 10.2. The van der Waals surface area contributed by atoms with Gasteiger partial charge in [0, 0.05) is 0 Å². The molecule has 0 saturated heterocycles. The van der Waals surface area contributed by atoms with E-state index >= 15 is 0 Å². The van der Waals surface area contributed by atoms with Crippen LogP contribution in [0.15, 0.2) is 25.3 Å². The van der Waals surface area contributed by atoms with E-state index in [0.29, 0.717) is 19.3 Å². The van der Waals surface area contributed by atoms with Crippen LogP contribution in [-0.4, -0.2) is 25.2 Å². The van der Waals surface area contributed by atoms with Gasteiger partial charge in [0.2, 0.25) is 0 Å². The molecule has 0 aliphatic heterocycles. The van der Waals surface area contributed by atoms with E-state index in [9.17, 15) is 9.59 Å². The van der Waals surface area contributed by atoms with Gasteiger partial charge in [0.05, 0.1) is 13.2 Å². The normalized spacial score (nSPS) is 10.3. The van der Waals surface area contributed by atoms with Crippen molar-refractivity contribution in [3.05, 3.63) is 25.3 Å². The molecule has 0 fully saturated rings. The predicted octanol–water partition coefficient (Wildman–Crippen LogP) is 4.20. The number of rotatable bonds is 14. The minimum Gasteiger partial charge on any atom is -0.465 e. The summed E-state index contributed by atoms with van der Waals surface area (Å²) in [5, 5.41) is 0. The van der Waals surface area contributed by atoms with Crippen LogP contribution < -0.4 is 0 Å². The number of hydrogen-bond donors (Lipinski definition) is 0. The second-order valence-corrected chi connectivity index (χ2v) is 5.25. The number of carbonyl (C=O) groups excluding carboxylic acids is 2. The highest BCUT2D eigenvalue weighted by Crippen LogP contribution is 2.15. The molecule has 0 aromatic rings. The highest BCUT2D eigenvalue weighted by atomic mass is 16.6. The highest BCUT2D eigenvalue weighted by Gasteiger charge is 2.29. The van der Waals surface area contributed by atoms with Gasteiger partial charge in [0.1, 0.15) is 0 Å². The fourth-order valence-electron chi connectivity index (χ4n) is 1.97. The van der Waals surface area contributed by atoms with Crippen LogP contribution in [0.2, 0.25) is 0 Å². The lowest BCUT2D eigenvalue weighted by molar-refractivity contribution is -0.162. The summed E-state index contributed by atoms with van der Waals surface area (Å²) in [7, 11) is 0. The summed E-state index contributed by atoms with van der Waals surface area (Å²) < 4.78 is 10.2. The van der Waals surface area contributed by atoms with Crippen LogP contribution in [0.25, 0.3) is 0 Å². The van der Waals surface area contributed by atoms with Gasteiger partial charge in [-0.2, -0.15) is 0 Å². The molecule has 0 heterocycles. The maximum atomic E-state index is 12.0. The lowest BCUT2D eigenvalue weighted by atomic mass is 10.0. The van der Waals surface area contributed by atoms with E-state index in [1.54, 1.807) is 12.2 Å². The Morgan fingerprint density at radius 3 is 1.86 bits per heavy atom. The van der Waals surface area contributed by atoms with Crippen LogP contribution in [0, 0.1) is 5.92 Å². The number of unbranched alkanes of at least 4 members (excludes halogenated alkanes) is 4. The molecule has 0 bridgehead atoms. The van der Waals surface area contributed by atoms with Gasteiger partial charge in [-0.25, -0.2) is 0 Å². The predicted molar refractivity (Wildman–Crippen MR) is 88.4 cm³/mol. The van der Waals surface area contributed by atoms with E-state index in [0.717, 1.165) is 25.7 Å². The van der Waals surface area contributed by atoms with Crippen molar-refractivity contribution in [2.45, 2.75) is 58.3 Å². The number of ether oxygens (including phenoxy) is 2. The molecule has 0 N–H and O–H groups in total. The molecule has 0 aromatic heterocycles. The monoisotopic (exact) mass is 310 g/mol. The number of carbonyl (C=O) groups is 2. The molecule has 22 heavy (non-hydrogen) atoms. The van der Waals surface area contributed by atoms with E-state index in [-0.39, 0.29) is 13.2 Å². The van der Waals surface area contributed by atoms with Gasteiger partial charge in [0.25, 0.3) is 0 Å². The van der Waals surface area contributed by atoms with Gasteiger partial charge in [0.15, 0.2) is 5.92 Å². The molecule has 0 aromatic carbocycles.